The van der Waals surface area contributed by atoms with Crippen molar-refractivity contribution in [1.82, 2.24) is 0 Å². The summed E-state index contributed by atoms with van der Waals surface area (Å²) in [6, 6.07) is 3.68. The second kappa shape index (κ2) is 4.17. The Bertz CT molecular complexity index is 418. The van der Waals surface area contributed by atoms with Gasteiger partial charge >= 0.3 is 5.69 Å². The van der Waals surface area contributed by atoms with E-state index in [1.807, 2.05) is 0 Å². The summed E-state index contributed by atoms with van der Waals surface area (Å²) in [4.78, 5) is 9.86. The third kappa shape index (κ3) is 1.90. The van der Waals surface area contributed by atoms with Gasteiger partial charge in [-0.2, -0.15) is 4.39 Å². The van der Waals surface area contributed by atoms with E-state index < -0.39 is 16.4 Å². The second-order valence-electron chi connectivity index (χ2n) is 4.18. The maximum Gasteiger partial charge on any atom is 0.305 e. The van der Waals surface area contributed by atoms with Gasteiger partial charge in [-0.25, -0.2) is 0 Å². The zero-order valence-corrected chi connectivity index (χ0v) is 8.73. The molecule has 4 nitrogen and oxygen atoms in total. The maximum atomic E-state index is 13.1. The normalized spacial score (nSPS) is 17.9. The van der Waals surface area contributed by atoms with E-state index in [4.69, 9.17) is 5.73 Å². The fraction of sp³-hybridized carbons (Fsp3) is 0.455. The van der Waals surface area contributed by atoms with Gasteiger partial charge in [-0.15, -0.1) is 0 Å². The van der Waals surface area contributed by atoms with Gasteiger partial charge in [0.1, 0.15) is 0 Å². The van der Waals surface area contributed by atoms with Crippen LogP contribution in [0.25, 0.3) is 0 Å². The number of rotatable bonds is 3. The molecule has 2 N–H and O–H groups in total. The summed E-state index contributed by atoms with van der Waals surface area (Å²) >= 11 is 0. The molecule has 1 fully saturated rings. The number of nitro groups is 1. The monoisotopic (exact) mass is 224 g/mol. The van der Waals surface area contributed by atoms with E-state index in [0.29, 0.717) is 11.5 Å². The highest BCUT2D eigenvalue weighted by Crippen LogP contribution is 2.37. The van der Waals surface area contributed by atoms with Crippen LogP contribution >= 0.6 is 0 Å². The van der Waals surface area contributed by atoms with Crippen LogP contribution in [0.15, 0.2) is 18.2 Å². The topological polar surface area (TPSA) is 69.2 Å². The van der Waals surface area contributed by atoms with Gasteiger partial charge in [-0.05, 0) is 30.4 Å². The Morgan fingerprint density at radius 2 is 2.19 bits per heavy atom. The SMILES string of the molecule is N[C@@H](c1ccc(F)c([N+](=O)[O-])c1)C1CCC1. The van der Waals surface area contributed by atoms with E-state index in [0.717, 1.165) is 25.3 Å². The lowest BCUT2D eigenvalue weighted by Gasteiger charge is -2.31. The Hall–Kier alpha value is -1.49. The second-order valence-corrected chi connectivity index (χ2v) is 4.18. The molecule has 1 aromatic rings. The minimum Gasteiger partial charge on any atom is -0.324 e. The summed E-state index contributed by atoms with van der Waals surface area (Å²) in [7, 11) is 0. The van der Waals surface area contributed by atoms with Gasteiger partial charge in [-0.1, -0.05) is 12.5 Å². The van der Waals surface area contributed by atoms with Crippen LogP contribution in [0.1, 0.15) is 30.9 Å². The van der Waals surface area contributed by atoms with Gasteiger partial charge in [0.2, 0.25) is 5.82 Å². The first kappa shape index (κ1) is 11.0. The molecule has 0 amide bonds. The summed E-state index contributed by atoms with van der Waals surface area (Å²) in [5.41, 5.74) is 6.13. The number of nitrogens with zero attached hydrogens (tertiary/aromatic N) is 1. The van der Waals surface area contributed by atoms with E-state index in [1.165, 1.54) is 12.1 Å². The summed E-state index contributed by atoms with van der Waals surface area (Å²) in [6.45, 7) is 0. The Balaban J connectivity index is 2.27. The standard InChI is InChI=1S/C11H13FN2O2/c12-9-5-4-8(6-10(9)14(15)16)11(13)7-2-1-3-7/h4-7,11H,1-3,13H2/t11-/m1/s1. The molecule has 16 heavy (non-hydrogen) atoms. The molecule has 1 atom stereocenters. The third-order valence-corrected chi connectivity index (χ3v) is 3.21. The van der Waals surface area contributed by atoms with Gasteiger partial charge in [0.25, 0.3) is 0 Å². The van der Waals surface area contributed by atoms with Gasteiger partial charge in [0, 0.05) is 12.1 Å². The van der Waals surface area contributed by atoms with Crippen molar-refractivity contribution in [2.45, 2.75) is 25.3 Å². The van der Waals surface area contributed by atoms with Crippen molar-refractivity contribution in [2.24, 2.45) is 11.7 Å². The molecule has 0 spiro atoms. The molecule has 5 heteroatoms. The van der Waals surface area contributed by atoms with E-state index in [2.05, 4.69) is 0 Å². The van der Waals surface area contributed by atoms with Crippen molar-refractivity contribution in [1.29, 1.82) is 0 Å². The average Bonchev–Trinajstić information content (AvgIpc) is 2.15. The molecule has 0 bridgehead atoms. The number of nitrogens with two attached hydrogens (primary N) is 1. The zero-order valence-electron chi connectivity index (χ0n) is 8.73. The zero-order chi connectivity index (χ0) is 11.7. The summed E-state index contributed by atoms with van der Waals surface area (Å²) in [5.74, 6) is -0.431. The minimum absolute atomic E-state index is 0.215. The summed E-state index contributed by atoms with van der Waals surface area (Å²) in [5, 5.41) is 10.6. The highest BCUT2D eigenvalue weighted by molar-refractivity contribution is 5.37. The van der Waals surface area contributed by atoms with Crippen LogP contribution in [0.2, 0.25) is 0 Å². The fourth-order valence-electron chi connectivity index (χ4n) is 1.95. The van der Waals surface area contributed by atoms with Crippen LogP contribution < -0.4 is 5.73 Å². The lowest BCUT2D eigenvalue weighted by atomic mass is 9.77. The fourth-order valence-corrected chi connectivity index (χ4v) is 1.95. The Morgan fingerprint density at radius 3 is 2.69 bits per heavy atom. The van der Waals surface area contributed by atoms with Crippen molar-refractivity contribution < 1.29 is 9.31 Å². The smallest absolute Gasteiger partial charge is 0.305 e. The summed E-state index contributed by atoms with van der Waals surface area (Å²) in [6.07, 6.45) is 3.25. The predicted octanol–water partition coefficient (Wildman–Crippen LogP) is 2.53. The molecule has 1 aromatic carbocycles. The minimum atomic E-state index is -0.811. The van der Waals surface area contributed by atoms with Crippen molar-refractivity contribution in [3.8, 4) is 0 Å². The van der Waals surface area contributed by atoms with Gasteiger partial charge < -0.3 is 5.73 Å². The molecule has 0 heterocycles. The van der Waals surface area contributed by atoms with Crippen LogP contribution in [0, 0.1) is 21.8 Å². The van der Waals surface area contributed by atoms with Crippen LogP contribution in [0.5, 0.6) is 0 Å². The highest BCUT2D eigenvalue weighted by Gasteiger charge is 2.27. The first-order valence-electron chi connectivity index (χ1n) is 5.29. The Labute approximate surface area is 92.4 Å². The van der Waals surface area contributed by atoms with Crippen LogP contribution in [-0.2, 0) is 0 Å². The molecular weight excluding hydrogens is 211 g/mol. The maximum absolute atomic E-state index is 13.1. The largest absolute Gasteiger partial charge is 0.324 e. The quantitative estimate of drug-likeness (QED) is 0.633. The van der Waals surface area contributed by atoms with Crippen LogP contribution in [-0.4, -0.2) is 4.92 Å². The molecule has 0 aromatic heterocycles. The first-order chi connectivity index (χ1) is 7.59. The van der Waals surface area contributed by atoms with Crippen LogP contribution in [0.4, 0.5) is 10.1 Å². The molecule has 0 saturated heterocycles. The Morgan fingerprint density at radius 1 is 1.50 bits per heavy atom. The molecule has 0 aliphatic heterocycles. The number of hydrogen-bond acceptors (Lipinski definition) is 3. The van der Waals surface area contributed by atoms with Gasteiger partial charge in [0.15, 0.2) is 0 Å². The molecule has 0 radical (unpaired) electrons. The number of hydrogen-bond donors (Lipinski definition) is 1. The molecule has 1 aliphatic carbocycles. The number of nitro benzene ring substituents is 1. The van der Waals surface area contributed by atoms with E-state index >= 15 is 0 Å². The number of benzene rings is 1. The van der Waals surface area contributed by atoms with Crippen LogP contribution in [0.3, 0.4) is 0 Å². The van der Waals surface area contributed by atoms with Gasteiger partial charge in [0.05, 0.1) is 4.92 Å². The van der Waals surface area contributed by atoms with Crippen molar-refractivity contribution in [2.75, 3.05) is 0 Å². The predicted molar refractivity (Wildman–Crippen MR) is 57.3 cm³/mol. The average molecular weight is 224 g/mol. The molecule has 2 rings (SSSR count). The lowest BCUT2D eigenvalue weighted by molar-refractivity contribution is -0.387. The highest BCUT2D eigenvalue weighted by atomic mass is 19.1. The van der Waals surface area contributed by atoms with Crippen molar-refractivity contribution in [3.63, 3.8) is 0 Å². The lowest BCUT2D eigenvalue weighted by Crippen LogP contribution is -2.26. The molecular formula is C11H13FN2O2. The third-order valence-electron chi connectivity index (χ3n) is 3.21. The molecule has 86 valence electrons. The van der Waals surface area contributed by atoms with Crippen molar-refractivity contribution in [3.05, 3.63) is 39.7 Å². The molecule has 1 saturated carbocycles. The van der Waals surface area contributed by atoms with Gasteiger partial charge in [-0.3, -0.25) is 10.1 Å². The Kier molecular flexibility index (Phi) is 2.87. The van der Waals surface area contributed by atoms with Crippen molar-refractivity contribution >= 4 is 5.69 Å². The number of halogens is 1. The molecule has 1 aliphatic rings. The van der Waals surface area contributed by atoms with E-state index in [-0.39, 0.29) is 6.04 Å². The molecule has 0 unspecified atom stereocenters. The summed E-state index contributed by atoms with van der Waals surface area (Å²) < 4.78 is 13.1. The first-order valence-corrected chi connectivity index (χ1v) is 5.29. The van der Waals surface area contributed by atoms with E-state index in [9.17, 15) is 14.5 Å². The van der Waals surface area contributed by atoms with E-state index in [1.54, 1.807) is 0 Å².